The highest BCUT2D eigenvalue weighted by Gasteiger charge is 2.20. The third kappa shape index (κ3) is 4.99. The molecule has 142 valence electrons. The Hall–Kier alpha value is -3.11. The molecule has 3 aromatic rings. The van der Waals surface area contributed by atoms with E-state index in [9.17, 15) is 9.59 Å². The molecular weight excluding hydrogens is 374 g/mol. The smallest absolute Gasteiger partial charge is 0.255 e. The normalized spacial score (nSPS) is 11.5. The van der Waals surface area contributed by atoms with Gasteiger partial charge in [-0.3, -0.25) is 9.59 Å². The maximum Gasteiger partial charge on any atom is 0.255 e. The second kappa shape index (κ2) is 9.20. The van der Waals surface area contributed by atoms with Gasteiger partial charge in [-0.15, -0.1) is 0 Å². The fourth-order valence-electron chi connectivity index (χ4n) is 2.70. The summed E-state index contributed by atoms with van der Waals surface area (Å²) in [5.74, 6) is 0.292. The monoisotopic (exact) mass is 393 g/mol. The molecular formula is C23H20ClNO3. The van der Waals surface area contributed by atoms with Gasteiger partial charge in [0.1, 0.15) is 5.75 Å². The fourth-order valence-corrected chi connectivity index (χ4v) is 2.82. The number of carbonyl (C=O) groups excluding carboxylic acids is 2. The van der Waals surface area contributed by atoms with Crippen LogP contribution < -0.4 is 10.1 Å². The molecule has 1 atom stereocenters. The number of rotatable bonds is 7. The molecule has 5 heteroatoms. The first kappa shape index (κ1) is 19.6. The molecule has 1 N–H and O–H groups in total. The first-order chi connectivity index (χ1) is 13.6. The van der Waals surface area contributed by atoms with Gasteiger partial charge in [-0.25, -0.2) is 0 Å². The van der Waals surface area contributed by atoms with Crippen LogP contribution in [0.5, 0.6) is 5.75 Å². The molecule has 0 radical (unpaired) electrons. The number of nitrogens with one attached hydrogen (secondary N) is 1. The topological polar surface area (TPSA) is 55.4 Å². The zero-order chi connectivity index (χ0) is 19.9. The Kier molecular flexibility index (Phi) is 6.45. The Morgan fingerprint density at radius 3 is 2.14 bits per heavy atom. The summed E-state index contributed by atoms with van der Waals surface area (Å²) in [5.41, 5.74) is 1.78. The van der Waals surface area contributed by atoms with Gasteiger partial charge in [-0.05, 0) is 55.0 Å². The van der Waals surface area contributed by atoms with E-state index in [2.05, 4.69) is 5.32 Å². The van der Waals surface area contributed by atoms with E-state index in [0.29, 0.717) is 34.0 Å². The van der Waals surface area contributed by atoms with Crippen molar-refractivity contribution in [2.75, 3.05) is 5.32 Å². The number of ketones is 1. The molecule has 4 nitrogen and oxygen atoms in total. The van der Waals surface area contributed by atoms with Gasteiger partial charge in [-0.1, -0.05) is 48.9 Å². The molecule has 0 spiro atoms. The van der Waals surface area contributed by atoms with Crippen molar-refractivity contribution < 1.29 is 14.3 Å². The molecule has 0 saturated carbocycles. The Bertz CT molecular complexity index is 938. The van der Waals surface area contributed by atoms with Crippen molar-refractivity contribution in [2.45, 2.75) is 19.4 Å². The fraction of sp³-hybridized carbons (Fsp3) is 0.130. The van der Waals surface area contributed by atoms with Crippen LogP contribution in [0.3, 0.4) is 0 Å². The summed E-state index contributed by atoms with van der Waals surface area (Å²) in [6.07, 6.45) is -0.000103. The summed E-state index contributed by atoms with van der Waals surface area (Å²) < 4.78 is 5.86. The highest BCUT2D eigenvalue weighted by Crippen LogP contribution is 2.20. The largest absolute Gasteiger partial charge is 0.482 e. The van der Waals surface area contributed by atoms with Gasteiger partial charge in [0.2, 0.25) is 5.78 Å². The van der Waals surface area contributed by atoms with Crippen LogP contribution in [0, 0.1) is 0 Å². The number of ether oxygens (including phenoxy) is 1. The number of amides is 1. The molecule has 0 aliphatic heterocycles. The molecule has 0 aromatic heterocycles. The van der Waals surface area contributed by atoms with Crippen LogP contribution >= 0.6 is 11.6 Å². The van der Waals surface area contributed by atoms with Crippen LogP contribution in [-0.2, 0) is 0 Å². The van der Waals surface area contributed by atoms with Gasteiger partial charge < -0.3 is 10.1 Å². The first-order valence-electron chi connectivity index (χ1n) is 8.99. The molecule has 0 bridgehead atoms. The lowest BCUT2D eigenvalue weighted by Gasteiger charge is -2.17. The Balaban J connectivity index is 1.64. The van der Waals surface area contributed by atoms with Crippen molar-refractivity contribution in [3.63, 3.8) is 0 Å². The van der Waals surface area contributed by atoms with Crippen molar-refractivity contribution in [1.29, 1.82) is 0 Å². The molecule has 0 unspecified atom stereocenters. The highest BCUT2D eigenvalue weighted by atomic mass is 35.5. The number of benzene rings is 3. The summed E-state index contributed by atoms with van der Waals surface area (Å²) in [7, 11) is 0. The Morgan fingerprint density at radius 2 is 1.54 bits per heavy atom. The number of anilines is 1. The molecule has 1 amide bonds. The van der Waals surface area contributed by atoms with E-state index in [1.54, 1.807) is 60.7 Å². The van der Waals surface area contributed by atoms with Crippen molar-refractivity contribution >= 4 is 29.0 Å². The number of hydrogen-bond donors (Lipinski definition) is 1. The van der Waals surface area contributed by atoms with E-state index in [-0.39, 0.29) is 11.7 Å². The molecule has 28 heavy (non-hydrogen) atoms. The Labute approximate surface area is 169 Å². The van der Waals surface area contributed by atoms with Crippen molar-refractivity contribution in [1.82, 2.24) is 0 Å². The van der Waals surface area contributed by atoms with Crippen LogP contribution in [0.25, 0.3) is 0 Å². The maximum atomic E-state index is 12.6. The number of carbonyl (C=O) groups is 2. The highest BCUT2D eigenvalue weighted by molar-refractivity contribution is 6.30. The van der Waals surface area contributed by atoms with Gasteiger partial charge in [-0.2, -0.15) is 0 Å². The molecule has 3 aromatic carbocycles. The van der Waals surface area contributed by atoms with Gasteiger partial charge in [0, 0.05) is 21.8 Å². The summed E-state index contributed by atoms with van der Waals surface area (Å²) >= 11 is 5.84. The number of hydrogen-bond acceptors (Lipinski definition) is 3. The predicted molar refractivity (Wildman–Crippen MR) is 111 cm³/mol. The molecule has 0 fully saturated rings. The standard InChI is InChI=1S/C23H20ClNO3/c1-2-21(22(26)16-6-4-3-5-7-16)28-20-14-12-19(13-15-20)25-23(27)17-8-10-18(24)11-9-17/h3-15,21H,2H2,1H3,(H,25,27)/t21-/m1/s1. The van der Waals surface area contributed by atoms with E-state index >= 15 is 0 Å². The molecule has 0 heterocycles. The molecule has 3 rings (SSSR count). The first-order valence-corrected chi connectivity index (χ1v) is 9.37. The predicted octanol–water partition coefficient (Wildman–Crippen LogP) is 5.63. The lowest BCUT2D eigenvalue weighted by atomic mass is 10.0. The van der Waals surface area contributed by atoms with Gasteiger partial charge in [0.05, 0.1) is 0 Å². The van der Waals surface area contributed by atoms with Crippen LogP contribution in [0.4, 0.5) is 5.69 Å². The minimum absolute atomic E-state index is 0.0526. The Morgan fingerprint density at radius 1 is 0.893 bits per heavy atom. The van der Waals surface area contributed by atoms with E-state index in [4.69, 9.17) is 16.3 Å². The summed E-state index contributed by atoms with van der Waals surface area (Å²) in [6.45, 7) is 1.91. The second-order valence-corrected chi connectivity index (χ2v) is 6.67. The van der Waals surface area contributed by atoms with Gasteiger partial charge in [0.25, 0.3) is 5.91 Å². The van der Waals surface area contributed by atoms with Gasteiger partial charge in [0.15, 0.2) is 6.10 Å². The van der Waals surface area contributed by atoms with Crippen molar-refractivity contribution in [3.05, 3.63) is 95.0 Å². The van der Waals surface area contributed by atoms with Crippen LogP contribution in [0.1, 0.15) is 34.1 Å². The van der Waals surface area contributed by atoms with Gasteiger partial charge >= 0.3 is 0 Å². The van der Waals surface area contributed by atoms with Crippen molar-refractivity contribution in [2.24, 2.45) is 0 Å². The average Bonchev–Trinajstić information content (AvgIpc) is 2.73. The average molecular weight is 394 g/mol. The van der Waals surface area contributed by atoms with Crippen molar-refractivity contribution in [3.8, 4) is 5.75 Å². The van der Waals surface area contributed by atoms with E-state index in [1.165, 1.54) is 0 Å². The van der Waals surface area contributed by atoms with Crippen LogP contribution in [-0.4, -0.2) is 17.8 Å². The molecule has 0 saturated heterocycles. The van der Waals surface area contributed by atoms with E-state index < -0.39 is 6.10 Å². The summed E-state index contributed by atoms with van der Waals surface area (Å²) in [6, 6.07) is 22.7. The zero-order valence-corrected chi connectivity index (χ0v) is 16.1. The third-order valence-electron chi connectivity index (χ3n) is 4.22. The summed E-state index contributed by atoms with van der Waals surface area (Å²) in [5, 5.41) is 3.39. The minimum Gasteiger partial charge on any atom is -0.482 e. The van der Waals surface area contributed by atoms with E-state index in [1.807, 2.05) is 25.1 Å². The molecule has 0 aliphatic carbocycles. The second-order valence-electron chi connectivity index (χ2n) is 6.23. The van der Waals surface area contributed by atoms with Crippen LogP contribution in [0.2, 0.25) is 5.02 Å². The quantitative estimate of drug-likeness (QED) is 0.529. The molecule has 0 aliphatic rings. The minimum atomic E-state index is -0.558. The summed E-state index contributed by atoms with van der Waals surface area (Å²) in [4.78, 5) is 24.8. The SMILES string of the molecule is CC[C@@H](Oc1ccc(NC(=O)c2ccc(Cl)cc2)cc1)C(=O)c1ccccc1. The number of halogens is 1. The van der Waals surface area contributed by atoms with Crippen LogP contribution in [0.15, 0.2) is 78.9 Å². The third-order valence-corrected chi connectivity index (χ3v) is 4.47. The lowest BCUT2D eigenvalue weighted by Crippen LogP contribution is -2.26. The lowest BCUT2D eigenvalue weighted by molar-refractivity contribution is 0.0786. The number of Topliss-reactive ketones (excluding diaryl/α,β-unsaturated/α-hetero) is 1. The van der Waals surface area contributed by atoms with E-state index in [0.717, 1.165) is 0 Å². The zero-order valence-electron chi connectivity index (χ0n) is 15.4. The maximum absolute atomic E-state index is 12.6.